The minimum atomic E-state index is -0.853. The molecular formula is C7H6ClFN2O2. The van der Waals surface area contributed by atoms with Gasteiger partial charge in [-0.1, -0.05) is 11.6 Å². The topological polar surface area (TPSA) is 52.0 Å². The first kappa shape index (κ1) is 9.85. The Bertz CT molecular complexity index is 377. The molecule has 0 N–H and O–H groups in total. The lowest BCUT2D eigenvalue weighted by atomic mass is 10.4. The Kier molecular flexibility index (Phi) is 3.13. The van der Waals surface area contributed by atoms with Gasteiger partial charge in [-0.3, -0.25) is 4.79 Å². The van der Waals surface area contributed by atoms with Crippen molar-refractivity contribution in [1.82, 2.24) is 9.78 Å². The van der Waals surface area contributed by atoms with Crippen LogP contribution in [0.3, 0.4) is 0 Å². The van der Waals surface area contributed by atoms with E-state index in [9.17, 15) is 14.0 Å². The fourth-order valence-electron chi connectivity index (χ4n) is 0.779. The van der Waals surface area contributed by atoms with E-state index in [0.29, 0.717) is 6.29 Å². The largest absolute Gasteiger partial charge is 0.303 e. The lowest BCUT2D eigenvalue weighted by Gasteiger charge is -2.01. The van der Waals surface area contributed by atoms with Gasteiger partial charge in [-0.05, 0) is 0 Å². The fourth-order valence-corrected chi connectivity index (χ4v) is 0.926. The smallest absolute Gasteiger partial charge is 0.288 e. The summed E-state index contributed by atoms with van der Waals surface area (Å²) in [5.74, 6) is -0.853. The van der Waals surface area contributed by atoms with Gasteiger partial charge >= 0.3 is 0 Å². The second-order valence-electron chi connectivity index (χ2n) is 2.29. The lowest BCUT2D eigenvalue weighted by Crippen LogP contribution is -2.24. The number of carbonyl (C=O) groups is 1. The zero-order chi connectivity index (χ0) is 9.84. The third-order valence-electron chi connectivity index (χ3n) is 1.40. The van der Waals surface area contributed by atoms with E-state index in [2.05, 4.69) is 5.10 Å². The summed E-state index contributed by atoms with van der Waals surface area (Å²) in [4.78, 5) is 21.1. The molecule has 0 saturated carbocycles. The number of aryl methyl sites for hydroxylation is 1. The third-order valence-corrected chi connectivity index (χ3v) is 1.74. The van der Waals surface area contributed by atoms with Crippen LogP contribution in [-0.2, 0) is 11.3 Å². The number of aromatic nitrogens is 2. The molecule has 0 radical (unpaired) electrons. The van der Waals surface area contributed by atoms with E-state index in [-0.39, 0.29) is 13.0 Å². The molecule has 0 spiro atoms. The molecule has 1 aromatic heterocycles. The molecule has 70 valence electrons. The van der Waals surface area contributed by atoms with E-state index >= 15 is 0 Å². The Morgan fingerprint density at radius 1 is 1.69 bits per heavy atom. The van der Waals surface area contributed by atoms with Crippen molar-refractivity contribution in [3.05, 3.63) is 27.4 Å². The highest BCUT2D eigenvalue weighted by molar-refractivity contribution is 6.30. The molecule has 1 heterocycles. The Balaban J connectivity index is 3.04. The van der Waals surface area contributed by atoms with Crippen LogP contribution in [-0.4, -0.2) is 16.1 Å². The van der Waals surface area contributed by atoms with Crippen molar-refractivity contribution in [2.45, 2.75) is 13.0 Å². The molecule has 1 rings (SSSR count). The summed E-state index contributed by atoms with van der Waals surface area (Å²) < 4.78 is 13.5. The SMILES string of the molecule is O=CCCn1ncc(F)c(Cl)c1=O. The maximum absolute atomic E-state index is 12.6. The average Bonchev–Trinajstić information content (AvgIpc) is 2.13. The highest BCUT2D eigenvalue weighted by Gasteiger charge is 2.07. The maximum atomic E-state index is 12.6. The van der Waals surface area contributed by atoms with Crippen molar-refractivity contribution >= 4 is 17.9 Å². The minimum absolute atomic E-state index is 0.113. The summed E-state index contributed by atoms with van der Waals surface area (Å²) in [5, 5.41) is 2.96. The van der Waals surface area contributed by atoms with Crippen molar-refractivity contribution < 1.29 is 9.18 Å². The summed E-state index contributed by atoms with van der Waals surface area (Å²) in [6.45, 7) is 0.113. The summed E-state index contributed by atoms with van der Waals surface area (Å²) in [6, 6.07) is 0. The molecule has 0 aromatic carbocycles. The molecule has 0 aliphatic heterocycles. The molecule has 0 aliphatic carbocycles. The minimum Gasteiger partial charge on any atom is -0.303 e. The number of halogens is 2. The van der Waals surface area contributed by atoms with Gasteiger partial charge in [0, 0.05) is 6.42 Å². The first-order valence-electron chi connectivity index (χ1n) is 3.51. The summed E-state index contributed by atoms with van der Waals surface area (Å²) in [7, 11) is 0. The van der Waals surface area contributed by atoms with Gasteiger partial charge in [-0.25, -0.2) is 9.07 Å². The number of hydrogen-bond donors (Lipinski definition) is 0. The van der Waals surface area contributed by atoms with E-state index in [4.69, 9.17) is 11.6 Å². The third kappa shape index (κ3) is 2.12. The van der Waals surface area contributed by atoms with Crippen LogP contribution in [0.25, 0.3) is 0 Å². The molecule has 0 bridgehead atoms. The van der Waals surface area contributed by atoms with Crippen molar-refractivity contribution in [3.8, 4) is 0 Å². The molecular weight excluding hydrogens is 199 g/mol. The van der Waals surface area contributed by atoms with Gasteiger partial charge in [-0.2, -0.15) is 5.10 Å². The van der Waals surface area contributed by atoms with Crippen molar-refractivity contribution in [2.75, 3.05) is 0 Å². The van der Waals surface area contributed by atoms with Crippen LogP contribution in [0.2, 0.25) is 5.02 Å². The Labute approximate surface area is 77.9 Å². The van der Waals surface area contributed by atoms with Gasteiger partial charge in [0.25, 0.3) is 5.56 Å². The standard InChI is InChI=1S/C7H6ClFN2O2/c8-6-5(9)4-10-11(7(6)13)2-1-3-12/h3-4H,1-2H2. The van der Waals surface area contributed by atoms with Crippen LogP contribution in [0, 0.1) is 5.82 Å². The van der Waals surface area contributed by atoms with Gasteiger partial charge in [-0.15, -0.1) is 0 Å². The van der Waals surface area contributed by atoms with E-state index < -0.39 is 16.4 Å². The monoisotopic (exact) mass is 204 g/mol. The van der Waals surface area contributed by atoms with Crippen LogP contribution >= 0.6 is 11.6 Å². The van der Waals surface area contributed by atoms with E-state index in [1.807, 2.05) is 0 Å². The summed E-state index contributed by atoms with van der Waals surface area (Å²) in [6.07, 6.45) is 1.63. The molecule has 0 amide bonds. The molecule has 6 heteroatoms. The second kappa shape index (κ2) is 4.13. The number of rotatable bonds is 3. The van der Waals surface area contributed by atoms with Gasteiger partial charge in [0.15, 0.2) is 5.82 Å². The van der Waals surface area contributed by atoms with E-state index in [1.54, 1.807) is 0 Å². The lowest BCUT2D eigenvalue weighted by molar-refractivity contribution is -0.108. The Morgan fingerprint density at radius 3 is 3.00 bits per heavy atom. The van der Waals surface area contributed by atoms with Gasteiger partial charge in [0.05, 0.1) is 12.7 Å². The average molecular weight is 205 g/mol. The molecule has 4 nitrogen and oxygen atoms in total. The molecule has 0 aliphatic rings. The number of carbonyl (C=O) groups excluding carboxylic acids is 1. The summed E-state index contributed by atoms with van der Waals surface area (Å²) >= 11 is 5.33. The summed E-state index contributed by atoms with van der Waals surface area (Å²) in [5.41, 5.74) is -0.719. The zero-order valence-electron chi connectivity index (χ0n) is 6.54. The molecule has 0 atom stereocenters. The molecule has 0 unspecified atom stereocenters. The Morgan fingerprint density at radius 2 is 2.38 bits per heavy atom. The van der Waals surface area contributed by atoms with Crippen LogP contribution < -0.4 is 5.56 Å². The molecule has 0 fully saturated rings. The number of aldehydes is 1. The number of nitrogens with zero attached hydrogens (tertiary/aromatic N) is 2. The first-order chi connectivity index (χ1) is 6.16. The van der Waals surface area contributed by atoms with Crippen LogP contribution in [0.4, 0.5) is 4.39 Å². The second-order valence-corrected chi connectivity index (χ2v) is 2.67. The van der Waals surface area contributed by atoms with Crippen molar-refractivity contribution in [3.63, 3.8) is 0 Å². The predicted octanol–water partition coefficient (Wildman–Crippen LogP) is 0.625. The number of hydrogen-bond acceptors (Lipinski definition) is 3. The van der Waals surface area contributed by atoms with Gasteiger partial charge in [0.2, 0.25) is 0 Å². The maximum Gasteiger partial charge on any atom is 0.288 e. The fraction of sp³-hybridized carbons (Fsp3) is 0.286. The molecule has 13 heavy (non-hydrogen) atoms. The quantitative estimate of drug-likeness (QED) is 0.679. The highest BCUT2D eigenvalue weighted by Crippen LogP contribution is 2.05. The van der Waals surface area contributed by atoms with E-state index in [1.165, 1.54) is 0 Å². The predicted molar refractivity (Wildman–Crippen MR) is 44.1 cm³/mol. The normalized spacial score (nSPS) is 10.0. The van der Waals surface area contributed by atoms with Crippen LogP contribution in [0.1, 0.15) is 6.42 Å². The van der Waals surface area contributed by atoms with Gasteiger partial charge in [0.1, 0.15) is 11.3 Å². The first-order valence-corrected chi connectivity index (χ1v) is 3.89. The Hall–Kier alpha value is -1.23. The molecule has 1 aromatic rings. The van der Waals surface area contributed by atoms with E-state index in [0.717, 1.165) is 10.9 Å². The van der Waals surface area contributed by atoms with Crippen LogP contribution in [0.5, 0.6) is 0 Å². The van der Waals surface area contributed by atoms with Crippen molar-refractivity contribution in [1.29, 1.82) is 0 Å². The molecule has 0 saturated heterocycles. The van der Waals surface area contributed by atoms with Crippen molar-refractivity contribution in [2.24, 2.45) is 0 Å². The van der Waals surface area contributed by atoms with Gasteiger partial charge < -0.3 is 4.79 Å². The highest BCUT2D eigenvalue weighted by atomic mass is 35.5. The van der Waals surface area contributed by atoms with Crippen LogP contribution in [0.15, 0.2) is 11.0 Å². The zero-order valence-corrected chi connectivity index (χ0v) is 7.29.